The number of rotatable bonds is 0. The van der Waals surface area contributed by atoms with Crippen molar-refractivity contribution in [3.63, 3.8) is 0 Å². The zero-order chi connectivity index (χ0) is 9.41. The third-order valence-corrected chi connectivity index (χ3v) is 4.37. The lowest BCUT2D eigenvalue weighted by molar-refractivity contribution is 0.311. The van der Waals surface area contributed by atoms with Crippen molar-refractivity contribution >= 4 is 21.7 Å². The lowest BCUT2D eigenvalue weighted by Gasteiger charge is -2.42. The predicted octanol–water partition coefficient (Wildman–Crippen LogP) is 3.56. The van der Waals surface area contributed by atoms with E-state index in [0.29, 0.717) is 10.8 Å². The molecule has 0 aromatic carbocycles. The first kappa shape index (κ1) is 10.0. The largest absolute Gasteiger partial charge is 0.160 e. The van der Waals surface area contributed by atoms with Gasteiger partial charge in [0.05, 0.1) is 0 Å². The van der Waals surface area contributed by atoms with Crippen LogP contribution in [0.3, 0.4) is 0 Å². The molecule has 1 aliphatic carbocycles. The van der Waals surface area contributed by atoms with E-state index in [0.717, 1.165) is 0 Å². The Labute approximate surface area is 79.9 Å². The third-order valence-electron chi connectivity index (χ3n) is 2.98. The maximum Gasteiger partial charge on any atom is -0.00430 e. The fourth-order valence-corrected chi connectivity index (χ4v) is 3.49. The minimum Gasteiger partial charge on any atom is -0.160 e. The second-order valence-electron chi connectivity index (χ2n) is 5.09. The van der Waals surface area contributed by atoms with Gasteiger partial charge in [-0.1, -0.05) is 34.1 Å². The summed E-state index contributed by atoms with van der Waals surface area (Å²) >= 11 is 0. The maximum atomic E-state index is 3.98. The van der Waals surface area contributed by atoms with Crippen LogP contribution in [0.25, 0.3) is 0 Å². The van der Waals surface area contributed by atoms with E-state index < -0.39 is 0 Å². The lowest BCUT2D eigenvalue weighted by Crippen LogP contribution is -2.39. The standard InChI is InChI=1S/C11H20S/c1-10(2)7-6-8-11(3,4)9(10)12-5/h5-8H2,1-4H3. The average molecular weight is 184 g/mol. The molecule has 0 N–H and O–H groups in total. The van der Waals surface area contributed by atoms with Crippen molar-refractivity contribution in [2.24, 2.45) is 10.8 Å². The van der Waals surface area contributed by atoms with Gasteiger partial charge in [0.15, 0.2) is 0 Å². The van der Waals surface area contributed by atoms with E-state index in [1.807, 2.05) is 0 Å². The molecule has 0 unspecified atom stereocenters. The number of hydrogen-bond acceptors (Lipinski definition) is 0. The van der Waals surface area contributed by atoms with Crippen LogP contribution in [0.15, 0.2) is 0 Å². The quantitative estimate of drug-likeness (QED) is 0.505. The zero-order valence-electron chi connectivity index (χ0n) is 8.74. The third kappa shape index (κ3) is 1.66. The second kappa shape index (κ2) is 3.02. The Morgan fingerprint density at radius 3 is 1.75 bits per heavy atom. The van der Waals surface area contributed by atoms with Crippen LogP contribution in [-0.4, -0.2) is 10.7 Å². The van der Waals surface area contributed by atoms with Gasteiger partial charge < -0.3 is 0 Å². The van der Waals surface area contributed by atoms with E-state index >= 15 is 0 Å². The molecule has 0 bridgehead atoms. The highest BCUT2D eigenvalue weighted by Gasteiger charge is 2.38. The van der Waals surface area contributed by atoms with Crippen LogP contribution in [0.5, 0.6) is 0 Å². The van der Waals surface area contributed by atoms with Crippen molar-refractivity contribution < 1.29 is 0 Å². The van der Waals surface area contributed by atoms with Crippen LogP contribution in [0.4, 0.5) is 0 Å². The molecule has 70 valence electrons. The Kier molecular flexibility index (Phi) is 2.53. The van der Waals surface area contributed by atoms with Gasteiger partial charge in [-0.15, -0.1) is 0 Å². The van der Waals surface area contributed by atoms with E-state index in [1.165, 1.54) is 19.3 Å². The van der Waals surface area contributed by atoms with Gasteiger partial charge in [0.2, 0.25) is 0 Å². The molecule has 1 rings (SSSR count). The van der Waals surface area contributed by atoms with Crippen molar-refractivity contribution in [2.75, 3.05) is 0 Å². The van der Waals surface area contributed by atoms with Gasteiger partial charge in [-0.05, 0) is 34.4 Å². The fourth-order valence-electron chi connectivity index (χ4n) is 2.51. The smallest absolute Gasteiger partial charge is 0.00430 e. The summed E-state index contributed by atoms with van der Waals surface area (Å²) in [5, 5.41) is 0. The molecule has 0 aromatic heterocycles. The Bertz CT molecular complexity index is 211. The van der Waals surface area contributed by atoms with Gasteiger partial charge in [-0.25, -0.2) is 0 Å². The SMILES string of the molecule is C=S=C1C(C)(C)CCCC1(C)C. The normalized spacial score (nSPS) is 26.8. The second-order valence-corrected chi connectivity index (χ2v) is 5.79. The molecule has 0 aliphatic heterocycles. The minimum atomic E-state index is 0.397. The van der Waals surface area contributed by atoms with Crippen LogP contribution < -0.4 is 0 Å². The maximum absolute atomic E-state index is 3.98. The van der Waals surface area contributed by atoms with Gasteiger partial charge in [0.25, 0.3) is 0 Å². The van der Waals surface area contributed by atoms with E-state index in [2.05, 4.69) is 33.6 Å². The Balaban J connectivity index is 3.06. The van der Waals surface area contributed by atoms with Crippen LogP contribution in [0.1, 0.15) is 47.0 Å². The summed E-state index contributed by atoms with van der Waals surface area (Å²) in [4.78, 5) is 1.58. The fraction of sp³-hybridized carbons (Fsp3) is 0.818. The monoisotopic (exact) mass is 184 g/mol. The predicted molar refractivity (Wildman–Crippen MR) is 61.1 cm³/mol. The summed E-state index contributed by atoms with van der Waals surface area (Å²) in [6.07, 6.45) is 4.02. The molecule has 1 heteroatoms. The molecule has 0 heterocycles. The van der Waals surface area contributed by atoms with Crippen molar-refractivity contribution in [1.82, 2.24) is 0 Å². The molecule has 12 heavy (non-hydrogen) atoms. The molecule has 0 spiro atoms. The first-order chi connectivity index (χ1) is 5.40. The number of hydrogen-bond donors (Lipinski definition) is 0. The summed E-state index contributed by atoms with van der Waals surface area (Å²) in [5.41, 5.74) is 0.794. The van der Waals surface area contributed by atoms with Gasteiger partial charge in [-0.2, -0.15) is 10.9 Å². The Hall–Kier alpha value is -0.0400. The van der Waals surface area contributed by atoms with Crippen LogP contribution in [0.2, 0.25) is 0 Å². The highest BCUT2D eigenvalue weighted by molar-refractivity contribution is 7.96. The Morgan fingerprint density at radius 1 is 1.08 bits per heavy atom. The summed E-state index contributed by atoms with van der Waals surface area (Å²) in [6, 6.07) is 0. The molecule has 1 fully saturated rings. The first-order valence-electron chi connectivity index (χ1n) is 4.70. The molecule has 0 amide bonds. The first-order valence-corrected chi connectivity index (χ1v) is 5.69. The van der Waals surface area contributed by atoms with Gasteiger partial charge >= 0.3 is 0 Å². The lowest BCUT2D eigenvalue weighted by atomic mass is 9.65. The molecule has 0 radical (unpaired) electrons. The van der Waals surface area contributed by atoms with Crippen molar-refractivity contribution in [3.05, 3.63) is 0 Å². The minimum absolute atomic E-state index is 0.397. The van der Waals surface area contributed by atoms with Gasteiger partial charge in [-0.3, -0.25) is 0 Å². The van der Waals surface area contributed by atoms with E-state index in [-0.39, 0.29) is 0 Å². The van der Waals surface area contributed by atoms with Crippen molar-refractivity contribution in [2.45, 2.75) is 47.0 Å². The van der Waals surface area contributed by atoms with Crippen LogP contribution >= 0.6 is 10.9 Å². The van der Waals surface area contributed by atoms with Gasteiger partial charge in [0.1, 0.15) is 0 Å². The summed E-state index contributed by atoms with van der Waals surface area (Å²) in [7, 11) is 1.73. The molecule has 0 atom stereocenters. The molecule has 1 aliphatic rings. The highest BCUT2D eigenvalue weighted by atomic mass is 32.1. The van der Waals surface area contributed by atoms with E-state index in [1.54, 1.807) is 15.8 Å². The van der Waals surface area contributed by atoms with Crippen LogP contribution in [0, 0.1) is 10.8 Å². The molecule has 0 saturated heterocycles. The highest BCUT2D eigenvalue weighted by Crippen LogP contribution is 2.43. The molecule has 0 nitrogen and oxygen atoms in total. The summed E-state index contributed by atoms with van der Waals surface area (Å²) < 4.78 is 0. The van der Waals surface area contributed by atoms with E-state index in [9.17, 15) is 0 Å². The van der Waals surface area contributed by atoms with Gasteiger partial charge in [0, 0.05) is 0 Å². The topological polar surface area (TPSA) is 0 Å². The average Bonchev–Trinajstić information content (AvgIpc) is 1.83. The van der Waals surface area contributed by atoms with Crippen LogP contribution in [-0.2, 0) is 0 Å². The zero-order valence-corrected chi connectivity index (χ0v) is 9.55. The van der Waals surface area contributed by atoms with Crippen molar-refractivity contribution in [1.29, 1.82) is 0 Å². The Morgan fingerprint density at radius 2 is 1.50 bits per heavy atom. The summed E-state index contributed by atoms with van der Waals surface area (Å²) in [5.74, 6) is 3.98. The summed E-state index contributed by atoms with van der Waals surface area (Å²) in [6.45, 7) is 9.39. The molecule has 0 aromatic rings. The molecule has 1 saturated carbocycles. The van der Waals surface area contributed by atoms with E-state index in [4.69, 9.17) is 0 Å². The molecular formula is C11H20S. The van der Waals surface area contributed by atoms with Crippen molar-refractivity contribution in [3.8, 4) is 0 Å². The molecular weight excluding hydrogens is 164 g/mol.